The van der Waals surface area contributed by atoms with Crippen molar-refractivity contribution in [2.45, 2.75) is 82.5 Å². The summed E-state index contributed by atoms with van der Waals surface area (Å²) in [7, 11) is 0. The van der Waals surface area contributed by atoms with Crippen molar-refractivity contribution in [1.82, 2.24) is 24.9 Å². The second-order valence-corrected chi connectivity index (χ2v) is 12.8. The minimum absolute atomic E-state index is 0.0284. The molecule has 0 atom stereocenters. The molecule has 6 N–H and O–H groups in total. The van der Waals surface area contributed by atoms with Gasteiger partial charge in [0.15, 0.2) is 0 Å². The molecular weight excluding hydrogens is 554 g/mol. The third-order valence-electron chi connectivity index (χ3n) is 8.28. The fraction of sp³-hybridized carbons (Fsp3) is 0.567. The summed E-state index contributed by atoms with van der Waals surface area (Å²) in [6.07, 6.45) is 8.50. The maximum atomic E-state index is 13.3. The largest absolute Gasteiger partial charge is 0.489 e. The maximum absolute atomic E-state index is 13.3. The lowest BCUT2D eigenvalue weighted by molar-refractivity contribution is -0.117. The first kappa shape index (κ1) is 29.1. The summed E-state index contributed by atoms with van der Waals surface area (Å²) in [6.45, 7) is 4.17. The van der Waals surface area contributed by atoms with Gasteiger partial charge >= 0.3 is 6.01 Å². The van der Waals surface area contributed by atoms with E-state index in [4.69, 9.17) is 25.7 Å². The third kappa shape index (κ3) is 6.37. The van der Waals surface area contributed by atoms with Crippen LogP contribution >= 0.6 is 0 Å². The molecule has 3 saturated carbocycles. The topological polar surface area (TPSA) is 189 Å². The molecule has 1 spiro atoms. The van der Waals surface area contributed by atoms with Crippen LogP contribution in [0.25, 0.3) is 5.52 Å². The fourth-order valence-corrected chi connectivity index (χ4v) is 6.18. The van der Waals surface area contributed by atoms with Gasteiger partial charge in [-0.05, 0) is 69.9 Å². The molecule has 13 nitrogen and oxygen atoms in total. The molecule has 3 heterocycles. The highest BCUT2D eigenvalue weighted by Crippen LogP contribution is 2.57. The van der Waals surface area contributed by atoms with Gasteiger partial charge in [-0.1, -0.05) is 0 Å². The Bertz CT molecular complexity index is 1520. The van der Waals surface area contributed by atoms with E-state index in [0.717, 1.165) is 49.7 Å². The first-order valence-corrected chi connectivity index (χ1v) is 14.8. The van der Waals surface area contributed by atoms with Crippen LogP contribution in [0.4, 0.5) is 0 Å². The van der Waals surface area contributed by atoms with E-state index in [0.29, 0.717) is 35.2 Å². The molecule has 3 aliphatic carbocycles. The number of hydrogen-bond donors (Lipinski definition) is 4. The number of ether oxygens (including phenoxy) is 3. The van der Waals surface area contributed by atoms with Crippen LogP contribution in [-0.2, 0) is 11.2 Å². The van der Waals surface area contributed by atoms with E-state index in [1.54, 1.807) is 20.0 Å². The Labute approximate surface area is 249 Å². The molecule has 13 heteroatoms. The summed E-state index contributed by atoms with van der Waals surface area (Å²) in [5.41, 5.74) is 12.8. The molecule has 3 aromatic rings. The summed E-state index contributed by atoms with van der Waals surface area (Å²) in [6, 6.07) is 3.95. The number of aliphatic hydroxyl groups is 1. The number of hydrogen-bond acceptors (Lipinski definition) is 10. The van der Waals surface area contributed by atoms with Crippen molar-refractivity contribution in [2.24, 2.45) is 16.9 Å². The van der Waals surface area contributed by atoms with E-state index in [1.165, 1.54) is 6.20 Å². The first-order valence-electron chi connectivity index (χ1n) is 14.8. The number of pyridine rings is 1. The van der Waals surface area contributed by atoms with Crippen molar-refractivity contribution in [2.75, 3.05) is 19.8 Å². The van der Waals surface area contributed by atoms with Crippen LogP contribution < -0.4 is 31.0 Å². The van der Waals surface area contributed by atoms with Crippen LogP contribution in [0.3, 0.4) is 0 Å². The van der Waals surface area contributed by atoms with Gasteiger partial charge in [0, 0.05) is 30.3 Å². The fourth-order valence-electron chi connectivity index (χ4n) is 6.18. The Hall–Kier alpha value is -3.97. The third-order valence-corrected chi connectivity index (χ3v) is 8.28. The van der Waals surface area contributed by atoms with Crippen molar-refractivity contribution in [3.63, 3.8) is 0 Å². The molecule has 6 rings (SSSR count). The Morgan fingerprint density at radius 2 is 1.93 bits per heavy atom. The minimum atomic E-state index is -0.954. The first-order chi connectivity index (χ1) is 20.5. The Balaban J connectivity index is 1.05. The molecule has 2 amide bonds. The molecule has 0 radical (unpaired) electrons. The summed E-state index contributed by atoms with van der Waals surface area (Å²) in [5.74, 6) is 0.683. The monoisotopic (exact) mass is 593 g/mol. The maximum Gasteiger partial charge on any atom is 0.319 e. The molecule has 0 unspecified atom stereocenters. The summed E-state index contributed by atoms with van der Waals surface area (Å²) in [4.78, 5) is 33.3. The molecule has 0 bridgehead atoms. The molecule has 0 saturated heterocycles. The molecule has 3 aliphatic rings. The van der Waals surface area contributed by atoms with Gasteiger partial charge in [0.25, 0.3) is 5.91 Å². The molecule has 3 fully saturated rings. The highest BCUT2D eigenvalue weighted by atomic mass is 16.5. The van der Waals surface area contributed by atoms with Crippen LogP contribution in [0, 0.1) is 5.41 Å². The average Bonchev–Trinajstić information content (AvgIpc) is 3.65. The Morgan fingerprint density at radius 3 is 2.60 bits per heavy atom. The van der Waals surface area contributed by atoms with Gasteiger partial charge in [0.1, 0.15) is 25.1 Å². The zero-order chi connectivity index (χ0) is 30.4. The quantitative estimate of drug-likeness (QED) is 0.227. The SMILES string of the molecule is CC(C)(O)COc1ccc2c(C(=O)NC3CC4(C3)CC(Oc3nc(OCCN)ncc3CC(N)=O)C4)cnn2c1C1CC1. The molecule has 3 aromatic heterocycles. The summed E-state index contributed by atoms with van der Waals surface area (Å²) >= 11 is 0. The predicted octanol–water partition coefficient (Wildman–Crippen LogP) is 1.64. The van der Waals surface area contributed by atoms with Crippen LogP contribution in [-0.4, -0.2) is 74.0 Å². The number of amides is 2. The summed E-state index contributed by atoms with van der Waals surface area (Å²) in [5, 5.41) is 17.8. The Kier molecular flexibility index (Phi) is 7.63. The lowest BCUT2D eigenvalue weighted by Gasteiger charge is -2.57. The van der Waals surface area contributed by atoms with E-state index in [-0.39, 0.29) is 49.1 Å². The summed E-state index contributed by atoms with van der Waals surface area (Å²) < 4.78 is 19.3. The number of carbonyl (C=O) groups is 2. The second kappa shape index (κ2) is 11.3. The van der Waals surface area contributed by atoms with Gasteiger partial charge in [-0.3, -0.25) is 9.59 Å². The van der Waals surface area contributed by atoms with Crippen LogP contribution in [0.1, 0.15) is 79.9 Å². The number of aromatic nitrogens is 4. The number of carbonyl (C=O) groups excluding carboxylic acids is 2. The lowest BCUT2D eigenvalue weighted by atomic mass is 9.53. The number of nitrogens with zero attached hydrogens (tertiary/aromatic N) is 4. The second-order valence-electron chi connectivity index (χ2n) is 12.8. The van der Waals surface area contributed by atoms with E-state index >= 15 is 0 Å². The van der Waals surface area contributed by atoms with Gasteiger partial charge in [0.05, 0.1) is 35.0 Å². The van der Waals surface area contributed by atoms with Gasteiger partial charge in [-0.15, -0.1) is 0 Å². The number of nitrogens with one attached hydrogen (secondary N) is 1. The number of primary amides is 1. The van der Waals surface area contributed by atoms with Crippen LogP contribution in [0.2, 0.25) is 0 Å². The normalized spacial score (nSPS) is 23.0. The lowest BCUT2D eigenvalue weighted by Crippen LogP contribution is -2.58. The highest BCUT2D eigenvalue weighted by Gasteiger charge is 2.54. The number of rotatable bonds is 13. The smallest absolute Gasteiger partial charge is 0.319 e. The Morgan fingerprint density at radius 1 is 1.16 bits per heavy atom. The van der Waals surface area contributed by atoms with Crippen molar-refractivity contribution in [1.29, 1.82) is 0 Å². The van der Waals surface area contributed by atoms with E-state index in [1.807, 2.05) is 16.6 Å². The zero-order valence-electron chi connectivity index (χ0n) is 24.5. The van der Waals surface area contributed by atoms with Gasteiger partial charge in [-0.2, -0.15) is 10.1 Å². The highest BCUT2D eigenvalue weighted by molar-refractivity contribution is 6.01. The van der Waals surface area contributed by atoms with E-state index in [9.17, 15) is 14.7 Å². The number of fused-ring (bicyclic) bond motifs is 1. The standard InChI is InChI=1S/C30H39N7O6/c1-29(2,40)16-42-23-6-5-22-21(15-34-37(22)25(23)17-3-4-17)26(39)35-19-10-30(11-19)12-20(13-30)43-27-18(9-24(32)38)14-33-28(36-27)41-8-7-31/h5-6,14-15,17,19-20,40H,3-4,7-13,16,31H2,1-2H3,(H2,32,38)(H,35,39). The molecule has 0 aromatic carbocycles. The van der Waals surface area contributed by atoms with Crippen molar-refractivity contribution < 1.29 is 28.9 Å². The molecular formula is C30H39N7O6. The van der Waals surface area contributed by atoms with Crippen molar-refractivity contribution >= 4 is 17.3 Å². The van der Waals surface area contributed by atoms with Crippen LogP contribution in [0.5, 0.6) is 17.6 Å². The van der Waals surface area contributed by atoms with E-state index < -0.39 is 11.5 Å². The molecule has 0 aliphatic heterocycles. The van der Waals surface area contributed by atoms with Gasteiger partial charge < -0.3 is 36.1 Å². The minimum Gasteiger partial charge on any atom is -0.489 e. The number of nitrogens with two attached hydrogens (primary N) is 2. The van der Waals surface area contributed by atoms with E-state index in [2.05, 4.69) is 20.4 Å². The molecule has 230 valence electrons. The predicted molar refractivity (Wildman–Crippen MR) is 155 cm³/mol. The molecule has 43 heavy (non-hydrogen) atoms. The van der Waals surface area contributed by atoms with Crippen molar-refractivity contribution in [3.8, 4) is 17.6 Å². The van der Waals surface area contributed by atoms with Gasteiger partial charge in [-0.25, -0.2) is 9.50 Å². The van der Waals surface area contributed by atoms with Crippen LogP contribution in [0.15, 0.2) is 24.5 Å². The van der Waals surface area contributed by atoms with Gasteiger partial charge in [0.2, 0.25) is 11.8 Å². The van der Waals surface area contributed by atoms with Crippen molar-refractivity contribution in [3.05, 3.63) is 41.3 Å². The zero-order valence-corrected chi connectivity index (χ0v) is 24.5. The average molecular weight is 594 g/mol.